The smallest absolute Gasteiger partial charge is 0.351 e. The monoisotopic (exact) mass is 599 g/mol. The molecule has 0 radical (unpaired) electrons. The Kier molecular flexibility index (Phi) is 9.85. The van der Waals surface area contributed by atoms with Gasteiger partial charge in [0.1, 0.15) is 0 Å². The summed E-state index contributed by atoms with van der Waals surface area (Å²) in [4.78, 5) is 28.3. The van der Waals surface area contributed by atoms with E-state index in [9.17, 15) is 31.2 Å². The van der Waals surface area contributed by atoms with Crippen molar-refractivity contribution in [2.24, 2.45) is 0 Å². The number of nitrogens with zero attached hydrogens (tertiary/aromatic N) is 1. The van der Waals surface area contributed by atoms with Crippen LogP contribution in [-0.2, 0) is 34.0 Å². The van der Waals surface area contributed by atoms with E-state index in [0.29, 0.717) is 36.1 Å². The van der Waals surface area contributed by atoms with Crippen molar-refractivity contribution >= 4 is 21.8 Å². The summed E-state index contributed by atoms with van der Waals surface area (Å²) in [6.45, 7) is 3.94. The van der Waals surface area contributed by atoms with Crippen molar-refractivity contribution < 1.29 is 31.2 Å². The standard InChI is InChI=1S/C31H32F3N3O4S/c1-2-42(40,41)36-21-27-9-6-18-37(27)30(39)25-14-12-24(13-15-25)28(19-22-7-4-3-5-8-22)29(38)35-20-23-10-16-26(17-11-23)31(32,33)34/h2-5,7-8,10-17,27-28,36H,1,6,9,18-21H2,(H,35,38)/t27-,28?/m0/s1. The fourth-order valence-corrected chi connectivity index (χ4v) is 5.49. The summed E-state index contributed by atoms with van der Waals surface area (Å²) in [5.74, 6) is -1.14. The average Bonchev–Trinajstić information content (AvgIpc) is 3.46. The number of amides is 2. The Hall–Kier alpha value is -3.96. The Morgan fingerprint density at radius 2 is 1.64 bits per heavy atom. The summed E-state index contributed by atoms with van der Waals surface area (Å²) in [6, 6.07) is 20.5. The van der Waals surface area contributed by atoms with Crippen LogP contribution in [0.5, 0.6) is 0 Å². The molecular formula is C31H32F3N3O4S. The number of likely N-dealkylation sites (tertiary alicyclic amines) is 1. The quantitative estimate of drug-likeness (QED) is 0.324. The second kappa shape index (κ2) is 13.3. The van der Waals surface area contributed by atoms with Crippen molar-refractivity contribution in [1.29, 1.82) is 0 Å². The van der Waals surface area contributed by atoms with E-state index < -0.39 is 27.7 Å². The Labute approximate surface area is 243 Å². The van der Waals surface area contributed by atoms with E-state index in [1.165, 1.54) is 12.1 Å². The first-order chi connectivity index (χ1) is 20.0. The summed E-state index contributed by atoms with van der Waals surface area (Å²) in [5, 5.41) is 3.67. The zero-order chi connectivity index (χ0) is 30.3. The van der Waals surface area contributed by atoms with Crippen LogP contribution in [0.1, 0.15) is 51.4 Å². The molecule has 1 heterocycles. The maximum atomic E-state index is 13.4. The van der Waals surface area contributed by atoms with E-state index in [2.05, 4.69) is 16.6 Å². The van der Waals surface area contributed by atoms with Crippen LogP contribution in [0.4, 0.5) is 13.2 Å². The SMILES string of the molecule is C=CS(=O)(=O)NC[C@@H]1CCCN1C(=O)c1ccc(C(Cc2ccccc2)C(=O)NCc2ccc(C(F)(F)F)cc2)cc1. The van der Waals surface area contributed by atoms with Crippen molar-refractivity contribution in [2.75, 3.05) is 13.1 Å². The Morgan fingerprint density at radius 3 is 2.26 bits per heavy atom. The first-order valence-corrected chi connectivity index (χ1v) is 15.0. The lowest BCUT2D eigenvalue weighted by atomic mass is 9.90. The number of nitrogens with one attached hydrogen (secondary N) is 2. The molecule has 0 spiro atoms. The van der Waals surface area contributed by atoms with Crippen LogP contribution in [0.3, 0.4) is 0 Å². The third kappa shape index (κ3) is 8.07. The van der Waals surface area contributed by atoms with Gasteiger partial charge in [-0.3, -0.25) is 9.59 Å². The second-order valence-corrected chi connectivity index (χ2v) is 11.8. The van der Waals surface area contributed by atoms with Crippen LogP contribution in [0, 0.1) is 0 Å². The highest BCUT2D eigenvalue weighted by molar-refractivity contribution is 7.92. The molecule has 0 bridgehead atoms. The first-order valence-electron chi connectivity index (χ1n) is 13.5. The topological polar surface area (TPSA) is 95.6 Å². The van der Waals surface area contributed by atoms with Crippen LogP contribution < -0.4 is 10.0 Å². The van der Waals surface area contributed by atoms with E-state index in [0.717, 1.165) is 29.5 Å². The predicted octanol–water partition coefficient (Wildman–Crippen LogP) is 5.02. The minimum atomic E-state index is -4.44. The Balaban J connectivity index is 1.47. The summed E-state index contributed by atoms with van der Waals surface area (Å²) in [5.41, 5.74) is 1.80. The van der Waals surface area contributed by atoms with Gasteiger partial charge in [0.2, 0.25) is 15.9 Å². The molecule has 222 valence electrons. The number of hydrogen-bond donors (Lipinski definition) is 2. The van der Waals surface area contributed by atoms with Crippen molar-refractivity contribution in [3.63, 3.8) is 0 Å². The van der Waals surface area contributed by atoms with Crippen molar-refractivity contribution in [3.8, 4) is 0 Å². The molecule has 1 saturated heterocycles. The molecule has 3 aromatic carbocycles. The maximum Gasteiger partial charge on any atom is 0.416 e. The molecule has 0 saturated carbocycles. The zero-order valence-corrected chi connectivity index (χ0v) is 23.6. The van der Waals surface area contributed by atoms with Crippen molar-refractivity contribution in [2.45, 2.75) is 43.9 Å². The fourth-order valence-electron chi connectivity index (χ4n) is 4.95. The number of carbonyl (C=O) groups excluding carboxylic acids is 2. The van der Waals surface area contributed by atoms with Gasteiger partial charge in [-0.25, -0.2) is 13.1 Å². The van der Waals surface area contributed by atoms with Crippen LogP contribution in [0.25, 0.3) is 0 Å². The van der Waals surface area contributed by atoms with Crippen LogP contribution in [0.2, 0.25) is 0 Å². The lowest BCUT2D eigenvalue weighted by molar-refractivity contribution is -0.137. The number of benzene rings is 3. The van der Waals surface area contributed by atoms with E-state index in [-0.39, 0.29) is 30.9 Å². The van der Waals surface area contributed by atoms with Gasteiger partial charge in [-0.1, -0.05) is 61.2 Å². The minimum absolute atomic E-state index is 0.0603. The molecule has 1 fully saturated rings. The Morgan fingerprint density at radius 1 is 0.976 bits per heavy atom. The molecule has 2 atom stereocenters. The summed E-state index contributed by atoms with van der Waals surface area (Å²) < 4.78 is 64.6. The van der Waals surface area contributed by atoms with Gasteiger partial charge in [0.25, 0.3) is 5.91 Å². The number of alkyl halides is 3. The molecule has 3 aromatic rings. The minimum Gasteiger partial charge on any atom is -0.351 e. The highest BCUT2D eigenvalue weighted by Crippen LogP contribution is 2.29. The molecule has 1 aliphatic rings. The summed E-state index contributed by atoms with van der Waals surface area (Å²) in [7, 11) is -3.61. The summed E-state index contributed by atoms with van der Waals surface area (Å²) in [6.07, 6.45) is -2.64. The largest absolute Gasteiger partial charge is 0.416 e. The molecule has 42 heavy (non-hydrogen) atoms. The molecule has 4 rings (SSSR count). The average molecular weight is 600 g/mol. The third-order valence-corrected chi connectivity index (χ3v) is 8.29. The third-order valence-electron chi connectivity index (χ3n) is 7.28. The van der Waals surface area contributed by atoms with Crippen molar-refractivity contribution in [3.05, 3.63) is 119 Å². The van der Waals surface area contributed by atoms with Gasteiger partial charge in [-0.05, 0) is 60.2 Å². The lowest BCUT2D eigenvalue weighted by Crippen LogP contribution is -2.42. The normalized spacial score (nSPS) is 16.2. The maximum absolute atomic E-state index is 13.4. The zero-order valence-electron chi connectivity index (χ0n) is 22.8. The molecule has 1 unspecified atom stereocenters. The number of halogens is 3. The van der Waals surface area contributed by atoms with Gasteiger partial charge in [-0.15, -0.1) is 0 Å². The van der Waals surface area contributed by atoms with Gasteiger partial charge in [-0.2, -0.15) is 13.2 Å². The molecular weight excluding hydrogens is 567 g/mol. The predicted molar refractivity (Wildman–Crippen MR) is 154 cm³/mol. The second-order valence-electron chi connectivity index (χ2n) is 10.1. The molecule has 0 aliphatic carbocycles. The fraction of sp³-hybridized carbons (Fsp3) is 0.290. The van der Waals surface area contributed by atoms with E-state index in [1.807, 2.05) is 30.3 Å². The Bertz CT molecular complexity index is 1490. The van der Waals surface area contributed by atoms with Gasteiger partial charge in [0, 0.05) is 36.6 Å². The number of rotatable bonds is 11. The van der Waals surface area contributed by atoms with Gasteiger partial charge < -0.3 is 10.2 Å². The van der Waals surface area contributed by atoms with Gasteiger partial charge >= 0.3 is 6.18 Å². The van der Waals surface area contributed by atoms with Crippen LogP contribution >= 0.6 is 0 Å². The number of carbonyl (C=O) groups is 2. The van der Waals surface area contributed by atoms with Gasteiger partial charge in [0.15, 0.2) is 0 Å². The first kappa shape index (κ1) is 31.0. The molecule has 7 nitrogen and oxygen atoms in total. The number of hydrogen-bond acceptors (Lipinski definition) is 4. The van der Waals surface area contributed by atoms with Crippen LogP contribution in [0.15, 0.2) is 90.8 Å². The highest BCUT2D eigenvalue weighted by atomic mass is 32.2. The molecule has 1 aliphatic heterocycles. The van der Waals surface area contributed by atoms with Crippen LogP contribution in [-0.4, -0.2) is 44.3 Å². The molecule has 2 N–H and O–H groups in total. The summed E-state index contributed by atoms with van der Waals surface area (Å²) >= 11 is 0. The van der Waals surface area contributed by atoms with Crippen molar-refractivity contribution in [1.82, 2.24) is 14.9 Å². The highest BCUT2D eigenvalue weighted by Gasteiger charge is 2.31. The van der Waals surface area contributed by atoms with E-state index >= 15 is 0 Å². The van der Waals surface area contributed by atoms with E-state index in [4.69, 9.17) is 0 Å². The lowest BCUT2D eigenvalue weighted by Gasteiger charge is -2.25. The van der Waals surface area contributed by atoms with E-state index in [1.54, 1.807) is 29.2 Å². The molecule has 11 heteroatoms. The molecule has 0 aromatic heterocycles. The molecule has 2 amide bonds. The van der Waals surface area contributed by atoms with Gasteiger partial charge in [0.05, 0.1) is 11.5 Å². The number of sulfonamides is 1.